The second-order valence-corrected chi connectivity index (χ2v) is 6.85. The minimum atomic E-state index is 0.102. The van der Waals surface area contributed by atoms with E-state index in [1.807, 2.05) is 56.4 Å². The average Bonchev–Trinajstić information content (AvgIpc) is 2.74. The predicted octanol–water partition coefficient (Wildman–Crippen LogP) is 6.30. The van der Waals surface area contributed by atoms with Gasteiger partial charge in [-0.05, 0) is 80.8 Å². The molecule has 0 atom stereocenters. The molecule has 30 heavy (non-hydrogen) atoms. The number of ether oxygens (including phenoxy) is 1. The van der Waals surface area contributed by atoms with Crippen LogP contribution in [0, 0.1) is 23.2 Å². The van der Waals surface area contributed by atoms with E-state index in [9.17, 15) is 10.4 Å². The summed E-state index contributed by atoms with van der Waals surface area (Å²) < 4.78 is 5.84. The lowest BCUT2D eigenvalue weighted by molar-refractivity contribution is 0.220. The first-order valence-electron chi connectivity index (χ1n) is 9.69. The van der Waals surface area contributed by atoms with E-state index in [0.29, 0.717) is 22.8 Å². The Bertz CT molecular complexity index is 1060. The fourth-order valence-corrected chi connectivity index (χ4v) is 2.91. The van der Waals surface area contributed by atoms with Crippen LogP contribution in [0.25, 0.3) is 0 Å². The van der Waals surface area contributed by atoms with Gasteiger partial charge in [0.25, 0.3) is 0 Å². The summed E-state index contributed by atoms with van der Waals surface area (Å²) in [7, 11) is 0. The molecule has 0 fully saturated rings. The SMILES string of the molecule is C\C=C/C=C(\C=C/C)OCCCc1cc(C#N)ccc1C#Cc1ccc(O)cc1Cl. The van der Waals surface area contributed by atoms with Gasteiger partial charge < -0.3 is 9.84 Å². The highest BCUT2D eigenvalue weighted by atomic mass is 35.5. The quantitative estimate of drug-likeness (QED) is 0.249. The number of nitriles is 1. The molecule has 0 aliphatic rings. The van der Waals surface area contributed by atoms with E-state index in [1.54, 1.807) is 18.2 Å². The van der Waals surface area contributed by atoms with Crippen molar-refractivity contribution in [1.29, 1.82) is 5.26 Å². The summed E-state index contributed by atoms with van der Waals surface area (Å²) in [6.45, 7) is 4.46. The fourth-order valence-electron chi connectivity index (χ4n) is 2.69. The van der Waals surface area contributed by atoms with Crippen molar-refractivity contribution < 1.29 is 9.84 Å². The van der Waals surface area contributed by atoms with Gasteiger partial charge in [0.1, 0.15) is 11.5 Å². The molecule has 1 N–H and O–H groups in total. The van der Waals surface area contributed by atoms with Gasteiger partial charge in [-0.2, -0.15) is 5.26 Å². The van der Waals surface area contributed by atoms with Gasteiger partial charge in [-0.15, -0.1) is 0 Å². The highest BCUT2D eigenvalue weighted by Crippen LogP contribution is 2.21. The Morgan fingerprint density at radius 2 is 1.87 bits per heavy atom. The van der Waals surface area contributed by atoms with Crippen molar-refractivity contribution in [1.82, 2.24) is 0 Å². The third-order valence-electron chi connectivity index (χ3n) is 4.16. The number of aryl methyl sites for hydroxylation is 1. The van der Waals surface area contributed by atoms with Crippen molar-refractivity contribution >= 4 is 11.6 Å². The second-order valence-electron chi connectivity index (χ2n) is 6.44. The number of rotatable bonds is 7. The number of phenolic OH excluding ortho intramolecular Hbond substituents is 1. The molecular weight excluding hydrogens is 394 g/mol. The van der Waals surface area contributed by atoms with E-state index in [1.165, 1.54) is 6.07 Å². The Hall–Kier alpha value is -3.40. The minimum Gasteiger partial charge on any atom is -0.508 e. The van der Waals surface area contributed by atoms with E-state index in [2.05, 4.69) is 17.9 Å². The maximum atomic E-state index is 9.48. The number of aromatic hydroxyl groups is 1. The van der Waals surface area contributed by atoms with Crippen LogP contribution in [0.5, 0.6) is 5.75 Å². The Kier molecular flexibility index (Phi) is 9.32. The van der Waals surface area contributed by atoms with E-state index in [4.69, 9.17) is 16.3 Å². The molecule has 2 aromatic rings. The number of hydrogen-bond acceptors (Lipinski definition) is 3. The van der Waals surface area contributed by atoms with Crippen LogP contribution in [0.15, 0.2) is 72.5 Å². The lowest BCUT2D eigenvalue weighted by atomic mass is 10.00. The van der Waals surface area contributed by atoms with Crippen LogP contribution in [0.2, 0.25) is 5.02 Å². The molecule has 152 valence electrons. The molecule has 2 aromatic carbocycles. The number of allylic oxidation sites excluding steroid dienone is 5. The van der Waals surface area contributed by atoms with Crippen LogP contribution < -0.4 is 0 Å². The van der Waals surface area contributed by atoms with Gasteiger partial charge in [0, 0.05) is 11.1 Å². The highest BCUT2D eigenvalue weighted by Gasteiger charge is 2.04. The Morgan fingerprint density at radius 3 is 2.57 bits per heavy atom. The number of benzene rings is 2. The van der Waals surface area contributed by atoms with Gasteiger partial charge in [-0.1, -0.05) is 41.7 Å². The zero-order valence-electron chi connectivity index (χ0n) is 17.2. The summed E-state index contributed by atoms with van der Waals surface area (Å²) in [6, 6.07) is 12.4. The van der Waals surface area contributed by atoms with Crippen molar-refractivity contribution in [3.63, 3.8) is 0 Å². The predicted molar refractivity (Wildman–Crippen MR) is 122 cm³/mol. The molecule has 4 heteroatoms. The van der Waals surface area contributed by atoms with Crippen molar-refractivity contribution in [3.8, 4) is 23.7 Å². The van der Waals surface area contributed by atoms with Crippen LogP contribution in [0.1, 0.15) is 42.5 Å². The molecule has 0 aromatic heterocycles. The molecular formula is C26H24ClNO2. The number of phenols is 1. The molecule has 0 amide bonds. The summed E-state index contributed by atoms with van der Waals surface area (Å²) >= 11 is 6.14. The van der Waals surface area contributed by atoms with Gasteiger partial charge in [0.05, 0.1) is 23.3 Å². The average molecular weight is 418 g/mol. The molecule has 0 saturated carbocycles. The molecule has 0 bridgehead atoms. The van der Waals surface area contributed by atoms with Crippen LogP contribution >= 0.6 is 11.6 Å². The minimum absolute atomic E-state index is 0.102. The number of hydrogen-bond donors (Lipinski definition) is 1. The standard InChI is InChI=1S/C26H24ClNO2/c1-3-5-9-25(7-4-2)30-16-6-8-23-17-20(19-28)10-11-21(23)12-13-22-14-15-24(29)18-26(22)27/h3-5,7,9-11,14-15,17-18,29H,6,8,16H2,1-2H3/b5-3-,7-4-,25-9+. The summed E-state index contributed by atoms with van der Waals surface area (Å²) in [5, 5.41) is 19.1. The third kappa shape index (κ3) is 7.21. The fraction of sp³-hybridized carbons (Fsp3) is 0.192. The zero-order valence-corrected chi connectivity index (χ0v) is 17.9. The molecule has 0 radical (unpaired) electrons. The highest BCUT2D eigenvalue weighted by molar-refractivity contribution is 6.31. The van der Waals surface area contributed by atoms with E-state index in [0.717, 1.165) is 29.7 Å². The lowest BCUT2D eigenvalue weighted by Gasteiger charge is -2.08. The zero-order chi connectivity index (χ0) is 21.8. The number of halogens is 1. The van der Waals surface area contributed by atoms with Gasteiger partial charge in [0.2, 0.25) is 0 Å². The molecule has 0 heterocycles. The third-order valence-corrected chi connectivity index (χ3v) is 4.47. The van der Waals surface area contributed by atoms with Crippen molar-refractivity contribution in [2.75, 3.05) is 6.61 Å². The molecule has 0 aliphatic heterocycles. The topological polar surface area (TPSA) is 53.2 Å². The van der Waals surface area contributed by atoms with Crippen LogP contribution in [-0.2, 0) is 11.2 Å². The van der Waals surface area contributed by atoms with Crippen LogP contribution in [0.4, 0.5) is 0 Å². The molecule has 2 rings (SSSR count). The van der Waals surface area contributed by atoms with Crippen LogP contribution in [0.3, 0.4) is 0 Å². The van der Waals surface area contributed by atoms with Crippen molar-refractivity contribution in [3.05, 3.63) is 99.8 Å². The molecule has 0 unspecified atom stereocenters. The maximum absolute atomic E-state index is 9.48. The van der Waals surface area contributed by atoms with Gasteiger partial charge >= 0.3 is 0 Å². The van der Waals surface area contributed by atoms with Gasteiger partial charge in [0.15, 0.2) is 0 Å². The summed E-state index contributed by atoms with van der Waals surface area (Å²) in [6.07, 6.45) is 11.2. The Balaban J connectivity index is 2.14. The Morgan fingerprint density at radius 1 is 1.10 bits per heavy atom. The normalized spacial score (nSPS) is 11.3. The Labute approximate surface area is 183 Å². The van der Waals surface area contributed by atoms with Crippen molar-refractivity contribution in [2.24, 2.45) is 0 Å². The molecule has 0 saturated heterocycles. The first-order valence-corrected chi connectivity index (χ1v) is 10.1. The lowest BCUT2D eigenvalue weighted by Crippen LogP contribution is -1.98. The van der Waals surface area contributed by atoms with E-state index in [-0.39, 0.29) is 5.75 Å². The largest absolute Gasteiger partial charge is 0.508 e. The molecule has 0 spiro atoms. The maximum Gasteiger partial charge on any atom is 0.118 e. The van der Waals surface area contributed by atoms with E-state index >= 15 is 0 Å². The summed E-state index contributed by atoms with van der Waals surface area (Å²) in [5.41, 5.74) is 3.07. The van der Waals surface area contributed by atoms with Gasteiger partial charge in [-0.25, -0.2) is 0 Å². The smallest absolute Gasteiger partial charge is 0.118 e. The van der Waals surface area contributed by atoms with Crippen LogP contribution in [-0.4, -0.2) is 11.7 Å². The molecule has 0 aliphatic carbocycles. The second kappa shape index (κ2) is 12.2. The van der Waals surface area contributed by atoms with Crippen molar-refractivity contribution in [2.45, 2.75) is 26.7 Å². The first-order chi connectivity index (χ1) is 14.6. The first kappa shape index (κ1) is 22.9. The number of nitrogens with zero attached hydrogens (tertiary/aromatic N) is 1. The van der Waals surface area contributed by atoms with Gasteiger partial charge in [-0.3, -0.25) is 0 Å². The monoisotopic (exact) mass is 417 g/mol. The summed E-state index contributed by atoms with van der Waals surface area (Å²) in [4.78, 5) is 0. The summed E-state index contributed by atoms with van der Waals surface area (Å²) in [5.74, 6) is 7.10. The molecule has 3 nitrogen and oxygen atoms in total. The van der Waals surface area contributed by atoms with E-state index < -0.39 is 0 Å².